The number of ether oxygens (including phenoxy) is 1. The summed E-state index contributed by atoms with van der Waals surface area (Å²) in [5.74, 6) is 0. The lowest BCUT2D eigenvalue weighted by molar-refractivity contribution is 0.174. The Morgan fingerprint density at radius 3 is 2.93 bits per heavy atom. The van der Waals surface area contributed by atoms with Gasteiger partial charge in [0, 0.05) is 0 Å². The number of aliphatic hydroxyl groups excluding tert-OH is 1. The van der Waals surface area contributed by atoms with E-state index >= 15 is 0 Å². The Balaban J connectivity index is 2.36. The van der Waals surface area contributed by atoms with Crippen LogP contribution in [-0.2, 0) is 4.74 Å². The van der Waals surface area contributed by atoms with Gasteiger partial charge in [-0.1, -0.05) is 23.7 Å². The Bertz CT molecular complexity index is 383. The Kier molecular flexibility index (Phi) is 2.79. The van der Waals surface area contributed by atoms with Crippen LogP contribution in [0.25, 0.3) is 0 Å². The van der Waals surface area contributed by atoms with E-state index in [-0.39, 0.29) is 19.3 Å². The normalized spacial score (nSPS) is 20.5. The second-order valence-electron chi connectivity index (χ2n) is 3.23. The summed E-state index contributed by atoms with van der Waals surface area (Å²) < 4.78 is 4.85. The standard InChI is InChI=1S/C10H10ClNO3/c11-8-3-1-2-4-9(8)12-7(5-13)6-15-10(12)14/h1-4,7,13H,5-6H2. The monoisotopic (exact) mass is 227 g/mol. The topological polar surface area (TPSA) is 49.8 Å². The van der Waals surface area contributed by atoms with Crippen LogP contribution in [-0.4, -0.2) is 30.5 Å². The largest absolute Gasteiger partial charge is 0.447 e. The van der Waals surface area contributed by atoms with Crippen molar-refractivity contribution in [3.8, 4) is 0 Å². The highest BCUT2D eigenvalue weighted by Crippen LogP contribution is 2.29. The molecule has 1 heterocycles. The average Bonchev–Trinajstić information content (AvgIpc) is 2.60. The number of carbonyl (C=O) groups is 1. The molecule has 1 aliphatic rings. The molecule has 80 valence electrons. The van der Waals surface area contributed by atoms with Gasteiger partial charge in [-0.25, -0.2) is 4.79 Å². The molecule has 1 aliphatic heterocycles. The molecule has 15 heavy (non-hydrogen) atoms. The minimum atomic E-state index is -0.470. The third-order valence-electron chi connectivity index (χ3n) is 2.28. The summed E-state index contributed by atoms with van der Waals surface area (Å²) in [7, 11) is 0. The van der Waals surface area contributed by atoms with Crippen molar-refractivity contribution in [2.45, 2.75) is 6.04 Å². The number of hydrogen-bond acceptors (Lipinski definition) is 3. The predicted molar refractivity (Wildman–Crippen MR) is 56.2 cm³/mol. The van der Waals surface area contributed by atoms with Crippen molar-refractivity contribution in [1.82, 2.24) is 0 Å². The average molecular weight is 228 g/mol. The second kappa shape index (κ2) is 4.08. The maximum Gasteiger partial charge on any atom is 0.414 e. The van der Waals surface area contributed by atoms with Gasteiger partial charge in [0.25, 0.3) is 0 Å². The van der Waals surface area contributed by atoms with E-state index < -0.39 is 6.09 Å². The van der Waals surface area contributed by atoms with Gasteiger partial charge >= 0.3 is 6.09 Å². The van der Waals surface area contributed by atoms with Crippen LogP contribution in [0.5, 0.6) is 0 Å². The molecule has 1 aromatic rings. The molecule has 4 nitrogen and oxygen atoms in total. The van der Waals surface area contributed by atoms with E-state index in [0.717, 1.165) is 0 Å². The Labute approximate surface area is 92.0 Å². The Morgan fingerprint density at radius 2 is 2.27 bits per heavy atom. The zero-order valence-electron chi connectivity index (χ0n) is 7.89. The van der Waals surface area contributed by atoms with Gasteiger partial charge in [0.05, 0.1) is 23.4 Å². The molecule has 1 N–H and O–H groups in total. The maximum absolute atomic E-state index is 11.4. The molecule has 1 atom stereocenters. The number of rotatable bonds is 2. The Hall–Kier alpha value is -1.26. The van der Waals surface area contributed by atoms with Crippen molar-refractivity contribution in [3.05, 3.63) is 29.3 Å². The molecular formula is C10H10ClNO3. The SMILES string of the molecule is O=C1OCC(CO)N1c1ccccc1Cl. The van der Waals surface area contributed by atoms with E-state index in [1.165, 1.54) is 4.90 Å². The third-order valence-corrected chi connectivity index (χ3v) is 2.60. The highest BCUT2D eigenvalue weighted by Gasteiger charge is 2.34. The van der Waals surface area contributed by atoms with E-state index in [0.29, 0.717) is 10.7 Å². The van der Waals surface area contributed by atoms with Gasteiger partial charge in [-0.05, 0) is 12.1 Å². The van der Waals surface area contributed by atoms with Crippen LogP contribution in [0, 0.1) is 0 Å². The smallest absolute Gasteiger partial charge is 0.414 e. The number of amides is 1. The summed E-state index contributed by atoms with van der Waals surface area (Å²) >= 11 is 5.96. The van der Waals surface area contributed by atoms with Crippen LogP contribution in [0.2, 0.25) is 5.02 Å². The fraction of sp³-hybridized carbons (Fsp3) is 0.300. The number of halogens is 1. The number of hydrogen-bond donors (Lipinski definition) is 1. The number of aliphatic hydroxyl groups is 1. The van der Waals surface area contributed by atoms with Crippen molar-refractivity contribution in [3.63, 3.8) is 0 Å². The van der Waals surface area contributed by atoms with Crippen molar-refractivity contribution in [2.75, 3.05) is 18.1 Å². The van der Waals surface area contributed by atoms with Gasteiger partial charge in [0.2, 0.25) is 0 Å². The Morgan fingerprint density at radius 1 is 1.53 bits per heavy atom. The molecule has 1 aromatic carbocycles. The van der Waals surface area contributed by atoms with Crippen LogP contribution in [0.1, 0.15) is 0 Å². The first-order valence-electron chi connectivity index (χ1n) is 4.55. The van der Waals surface area contributed by atoms with Crippen molar-refractivity contribution in [1.29, 1.82) is 0 Å². The van der Waals surface area contributed by atoms with Gasteiger partial charge < -0.3 is 9.84 Å². The molecule has 1 amide bonds. The lowest BCUT2D eigenvalue weighted by atomic mass is 10.2. The van der Waals surface area contributed by atoms with E-state index in [1.54, 1.807) is 24.3 Å². The first-order valence-corrected chi connectivity index (χ1v) is 4.93. The fourth-order valence-electron chi connectivity index (χ4n) is 1.54. The maximum atomic E-state index is 11.4. The molecule has 0 aromatic heterocycles. The van der Waals surface area contributed by atoms with Crippen LogP contribution >= 0.6 is 11.6 Å². The number of para-hydroxylation sites is 1. The van der Waals surface area contributed by atoms with Gasteiger partial charge in [0.1, 0.15) is 6.61 Å². The van der Waals surface area contributed by atoms with Crippen molar-refractivity contribution >= 4 is 23.4 Å². The van der Waals surface area contributed by atoms with E-state index in [1.807, 2.05) is 0 Å². The first kappa shape index (κ1) is 10.3. The molecule has 2 rings (SSSR count). The molecule has 0 spiro atoms. The number of benzene rings is 1. The van der Waals surface area contributed by atoms with Crippen LogP contribution in [0.3, 0.4) is 0 Å². The summed E-state index contributed by atoms with van der Waals surface area (Å²) in [6.45, 7) is 0.0531. The summed E-state index contributed by atoms with van der Waals surface area (Å²) in [4.78, 5) is 12.8. The molecule has 5 heteroatoms. The second-order valence-corrected chi connectivity index (χ2v) is 3.64. The fourth-order valence-corrected chi connectivity index (χ4v) is 1.76. The minimum Gasteiger partial charge on any atom is -0.447 e. The summed E-state index contributed by atoms with van der Waals surface area (Å²) in [5, 5.41) is 9.56. The molecule has 0 aliphatic carbocycles. The highest BCUT2D eigenvalue weighted by atomic mass is 35.5. The predicted octanol–water partition coefficient (Wildman–Crippen LogP) is 1.66. The van der Waals surface area contributed by atoms with Gasteiger partial charge in [0.15, 0.2) is 0 Å². The molecule has 0 saturated carbocycles. The number of carbonyl (C=O) groups excluding carboxylic acids is 1. The number of nitrogens with zero attached hydrogens (tertiary/aromatic N) is 1. The van der Waals surface area contributed by atoms with Crippen molar-refractivity contribution in [2.24, 2.45) is 0 Å². The number of cyclic esters (lactones) is 1. The molecule has 0 radical (unpaired) electrons. The lowest BCUT2D eigenvalue weighted by Crippen LogP contribution is -2.36. The van der Waals surface area contributed by atoms with Crippen LogP contribution in [0.4, 0.5) is 10.5 Å². The third kappa shape index (κ3) is 1.78. The highest BCUT2D eigenvalue weighted by molar-refractivity contribution is 6.33. The zero-order valence-corrected chi connectivity index (χ0v) is 8.65. The molecule has 1 fully saturated rings. The van der Waals surface area contributed by atoms with E-state index in [9.17, 15) is 4.79 Å². The summed E-state index contributed by atoms with van der Waals surface area (Å²) in [6, 6.07) is 6.62. The van der Waals surface area contributed by atoms with Gasteiger partial charge in [-0.15, -0.1) is 0 Å². The van der Waals surface area contributed by atoms with Gasteiger partial charge in [-0.3, -0.25) is 4.90 Å². The van der Waals surface area contributed by atoms with E-state index in [4.69, 9.17) is 21.4 Å². The summed E-state index contributed by atoms with van der Waals surface area (Å²) in [6.07, 6.45) is -0.470. The van der Waals surface area contributed by atoms with Crippen LogP contribution in [0.15, 0.2) is 24.3 Å². The first-order chi connectivity index (χ1) is 7.24. The lowest BCUT2D eigenvalue weighted by Gasteiger charge is -2.20. The number of anilines is 1. The zero-order chi connectivity index (χ0) is 10.8. The van der Waals surface area contributed by atoms with Crippen LogP contribution < -0.4 is 4.90 Å². The quantitative estimate of drug-likeness (QED) is 0.836. The molecule has 0 bridgehead atoms. The van der Waals surface area contributed by atoms with E-state index in [2.05, 4.69) is 0 Å². The minimum absolute atomic E-state index is 0.142. The summed E-state index contributed by atoms with van der Waals surface area (Å²) in [5.41, 5.74) is 0.570. The molecular weight excluding hydrogens is 218 g/mol. The molecule has 1 unspecified atom stereocenters. The molecule has 1 saturated heterocycles. The van der Waals surface area contributed by atoms with Crippen molar-refractivity contribution < 1.29 is 14.6 Å². The van der Waals surface area contributed by atoms with Gasteiger partial charge in [-0.2, -0.15) is 0 Å².